The summed E-state index contributed by atoms with van der Waals surface area (Å²) in [4.78, 5) is 46.0. The third-order valence-corrected chi connectivity index (χ3v) is 9.50. The lowest BCUT2D eigenvalue weighted by Gasteiger charge is -2.37. The van der Waals surface area contributed by atoms with Crippen molar-refractivity contribution in [1.82, 2.24) is 0 Å². The number of thiophene rings is 1. The number of fused-ring (bicyclic) bond motifs is 5. The zero-order valence-corrected chi connectivity index (χ0v) is 22.1. The van der Waals surface area contributed by atoms with Crippen LogP contribution in [-0.4, -0.2) is 29.4 Å². The third-order valence-electron chi connectivity index (χ3n) is 8.04. The molecule has 1 aromatic heterocycles. The van der Waals surface area contributed by atoms with Gasteiger partial charge in [0.1, 0.15) is 11.5 Å². The van der Waals surface area contributed by atoms with Crippen molar-refractivity contribution in [1.29, 1.82) is 0 Å². The highest BCUT2D eigenvalue weighted by atomic mass is 35.5. The number of rotatable bonds is 3. The number of halogens is 2. The standard InChI is InChI=1S/C31H19Cl2NO3S/c32-18-12-13-23-17(16-18)11-14-25-31(29(36)19-6-1-2-7-20(19)30(31)37)26(21-8-3-4-9-22(21)33)27(34(23)25)28(35)24-10-5-15-38-24/h1-16,25-27H/t25-,26-,27-/m1/s1. The van der Waals surface area contributed by atoms with E-state index in [-0.39, 0.29) is 17.3 Å². The number of hydrogen-bond acceptors (Lipinski definition) is 5. The molecule has 7 rings (SSSR count). The van der Waals surface area contributed by atoms with Gasteiger partial charge in [-0.1, -0.05) is 83.9 Å². The third kappa shape index (κ3) is 3.01. The molecule has 0 amide bonds. The minimum Gasteiger partial charge on any atom is -0.352 e. The van der Waals surface area contributed by atoms with E-state index in [4.69, 9.17) is 23.2 Å². The largest absolute Gasteiger partial charge is 0.352 e. The summed E-state index contributed by atoms with van der Waals surface area (Å²) in [5.41, 5.74) is 1.38. The van der Waals surface area contributed by atoms with Crippen molar-refractivity contribution >= 4 is 63.7 Å². The Morgan fingerprint density at radius 2 is 1.58 bits per heavy atom. The van der Waals surface area contributed by atoms with Crippen LogP contribution in [0.3, 0.4) is 0 Å². The van der Waals surface area contributed by atoms with Gasteiger partial charge in [-0.05, 0) is 46.8 Å². The van der Waals surface area contributed by atoms with Crippen LogP contribution in [0.15, 0.2) is 90.3 Å². The zero-order valence-electron chi connectivity index (χ0n) is 19.8. The summed E-state index contributed by atoms with van der Waals surface area (Å²) < 4.78 is 0. The van der Waals surface area contributed by atoms with Crippen molar-refractivity contribution in [3.63, 3.8) is 0 Å². The summed E-state index contributed by atoms with van der Waals surface area (Å²) in [7, 11) is 0. The molecule has 0 unspecified atom stereocenters. The Hall–Kier alpha value is -3.51. The van der Waals surface area contributed by atoms with E-state index in [1.807, 2.05) is 52.8 Å². The number of carbonyl (C=O) groups excluding carboxylic acids is 3. The minimum absolute atomic E-state index is 0.153. The van der Waals surface area contributed by atoms with Gasteiger partial charge < -0.3 is 4.90 Å². The van der Waals surface area contributed by atoms with Crippen LogP contribution in [0, 0.1) is 5.41 Å². The van der Waals surface area contributed by atoms with E-state index < -0.39 is 23.4 Å². The molecule has 1 saturated heterocycles. The van der Waals surface area contributed by atoms with Crippen LogP contribution >= 0.6 is 34.5 Å². The summed E-state index contributed by atoms with van der Waals surface area (Å²) in [5, 5.41) is 2.83. The second kappa shape index (κ2) is 8.50. The quantitative estimate of drug-likeness (QED) is 0.195. The number of anilines is 1. The molecule has 0 N–H and O–H groups in total. The summed E-state index contributed by atoms with van der Waals surface area (Å²) in [6, 6.07) is 21.7. The van der Waals surface area contributed by atoms with Gasteiger partial charge in [0.25, 0.3) is 0 Å². The number of Topliss-reactive ketones (excluding diaryl/α,β-unsaturated/α-hetero) is 3. The Morgan fingerprint density at radius 1 is 0.868 bits per heavy atom. The predicted molar refractivity (Wildman–Crippen MR) is 151 cm³/mol. The van der Waals surface area contributed by atoms with Gasteiger partial charge in [-0.2, -0.15) is 0 Å². The summed E-state index contributed by atoms with van der Waals surface area (Å²) in [5.74, 6) is -1.53. The average Bonchev–Trinajstić information content (AvgIpc) is 3.62. The molecule has 3 aromatic carbocycles. The molecule has 4 nitrogen and oxygen atoms in total. The van der Waals surface area contributed by atoms with Gasteiger partial charge in [0.2, 0.25) is 0 Å². The van der Waals surface area contributed by atoms with Gasteiger partial charge in [0.05, 0.1) is 10.9 Å². The van der Waals surface area contributed by atoms with E-state index in [9.17, 15) is 14.4 Å². The SMILES string of the molecule is O=C(c1cccs1)[C@H]1[C@@H](c2ccccc2Cl)C2(C(=O)c3ccccc3C2=O)[C@H]2C=Cc3cc(Cl)ccc3N12. The van der Waals surface area contributed by atoms with Gasteiger partial charge in [0, 0.05) is 32.8 Å². The van der Waals surface area contributed by atoms with Crippen LogP contribution in [0.1, 0.15) is 47.4 Å². The minimum atomic E-state index is -1.57. The summed E-state index contributed by atoms with van der Waals surface area (Å²) >= 11 is 14.5. The smallest absolute Gasteiger partial charge is 0.195 e. The van der Waals surface area contributed by atoms with Gasteiger partial charge in [-0.3, -0.25) is 14.4 Å². The van der Waals surface area contributed by atoms with Gasteiger partial charge in [0.15, 0.2) is 17.3 Å². The first-order valence-corrected chi connectivity index (χ1v) is 13.8. The Bertz CT molecular complexity index is 1660. The van der Waals surface area contributed by atoms with E-state index in [0.717, 1.165) is 11.3 Å². The van der Waals surface area contributed by atoms with Crippen LogP contribution < -0.4 is 4.90 Å². The van der Waals surface area contributed by atoms with E-state index in [1.54, 1.807) is 48.5 Å². The van der Waals surface area contributed by atoms with E-state index >= 15 is 0 Å². The molecule has 0 bridgehead atoms. The molecule has 3 heterocycles. The van der Waals surface area contributed by atoms with Crippen molar-refractivity contribution < 1.29 is 14.4 Å². The molecule has 0 saturated carbocycles. The predicted octanol–water partition coefficient (Wildman–Crippen LogP) is 7.37. The molecule has 38 heavy (non-hydrogen) atoms. The Kier molecular flexibility index (Phi) is 5.28. The fourth-order valence-electron chi connectivity index (χ4n) is 6.58. The maximum Gasteiger partial charge on any atom is 0.195 e. The van der Waals surface area contributed by atoms with E-state index in [1.165, 1.54) is 11.3 Å². The number of hydrogen-bond donors (Lipinski definition) is 0. The lowest BCUT2D eigenvalue weighted by atomic mass is 9.64. The number of carbonyl (C=O) groups is 3. The molecule has 4 aromatic rings. The van der Waals surface area contributed by atoms with Crippen LogP contribution in [0.5, 0.6) is 0 Å². The Labute approximate surface area is 233 Å². The highest BCUT2D eigenvalue weighted by Gasteiger charge is 2.71. The van der Waals surface area contributed by atoms with Crippen LogP contribution in [0.2, 0.25) is 10.0 Å². The van der Waals surface area contributed by atoms with Crippen molar-refractivity contribution in [2.45, 2.75) is 18.0 Å². The Morgan fingerprint density at radius 3 is 2.26 bits per heavy atom. The molecular formula is C31H19Cl2NO3S. The molecule has 0 radical (unpaired) electrons. The van der Waals surface area contributed by atoms with Gasteiger partial charge in [-0.15, -0.1) is 11.3 Å². The highest BCUT2D eigenvalue weighted by molar-refractivity contribution is 7.12. The number of ketones is 3. The molecule has 3 atom stereocenters. The number of nitrogens with zero attached hydrogens (tertiary/aromatic N) is 1. The van der Waals surface area contributed by atoms with E-state index in [0.29, 0.717) is 31.6 Å². The summed E-state index contributed by atoms with van der Waals surface area (Å²) in [6.07, 6.45) is 3.78. The second-order valence-electron chi connectivity index (χ2n) is 9.77. The lowest BCUT2D eigenvalue weighted by molar-refractivity contribution is 0.0666. The van der Waals surface area contributed by atoms with Crippen LogP contribution in [0.4, 0.5) is 5.69 Å². The maximum atomic E-state index is 14.5. The molecule has 2 aliphatic heterocycles. The lowest BCUT2D eigenvalue weighted by Crippen LogP contribution is -2.48. The molecular weight excluding hydrogens is 537 g/mol. The average molecular weight is 556 g/mol. The highest BCUT2D eigenvalue weighted by Crippen LogP contribution is 2.61. The van der Waals surface area contributed by atoms with Gasteiger partial charge >= 0.3 is 0 Å². The monoisotopic (exact) mass is 555 g/mol. The first-order valence-electron chi connectivity index (χ1n) is 12.2. The molecule has 7 heteroatoms. The first kappa shape index (κ1) is 23.6. The fourth-order valence-corrected chi connectivity index (χ4v) is 7.71. The molecule has 1 aliphatic carbocycles. The summed E-state index contributed by atoms with van der Waals surface area (Å²) in [6.45, 7) is 0. The molecule has 1 fully saturated rings. The van der Waals surface area contributed by atoms with Crippen molar-refractivity contribution in [2.75, 3.05) is 4.90 Å². The zero-order chi connectivity index (χ0) is 26.2. The number of benzene rings is 3. The van der Waals surface area contributed by atoms with Crippen LogP contribution in [0.25, 0.3) is 6.08 Å². The van der Waals surface area contributed by atoms with Crippen molar-refractivity contribution in [2.24, 2.45) is 5.41 Å². The second-order valence-corrected chi connectivity index (χ2v) is 11.6. The normalized spacial score (nSPS) is 22.5. The molecule has 3 aliphatic rings. The molecule has 1 spiro atoms. The van der Waals surface area contributed by atoms with Crippen molar-refractivity contribution in [3.8, 4) is 0 Å². The van der Waals surface area contributed by atoms with Crippen molar-refractivity contribution in [3.05, 3.63) is 127 Å². The Balaban J connectivity index is 1.57. The van der Waals surface area contributed by atoms with E-state index in [2.05, 4.69) is 0 Å². The van der Waals surface area contributed by atoms with Crippen LogP contribution in [-0.2, 0) is 0 Å². The first-order chi connectivity index (χ1) is 18.4. The topological polar surface area (TPSA) is 54.5 Å². The molecule has 186 valence electrons. The maximum absolute atomic E-state index is 14.5. The van der Waals surface area contributed by atoms with Gasteiger partial charge in [-0.25, -0.2) is 0 Å². The fraction of sp³-hybridized carbons (Fsp3) is 0.129.